The summed E-state index contributed by atoms with van der Waals surface area (Å²) in [4.78, 5) is 3.30. The Morgan fingerprint density at radius 1 is 1.56 bits per heavy atom. The van der Waals surface area contributed by atoms with Crippen molar-refractivity contribution in [3.05, 3.63) is 30.0 Å². The van der Waals surface area contributed by atoms with Crippen LogP contribution in [0.5, 0.6) is 5.75 Å². The Morgan fingerprint density at radius 2 is 2.44 bits per heavy atom. The van der Waals surface area contributed by atoms with E-state index in [2.05, 4.69) is 4.98 Å². The number of methoxy groups -OCH3 is 1. The summed E-state index contributed by atoms with van der Waals surface area (Å²) in [5, 5.41) is 0.391. The summed E-state index contributed by atoms with van der Waals surface area (Å²) in [6.45, 7) is -5.54. The van der Waals surface area contributed by atoms with E-state index in [-0.39, 0.29) is 5.56 Å². The maximum atomic E-state index is 8.28. The highest BCUT2D eigenvalue weighted by Gasteiger charge is 2.08. The molecule has 0 aliphatic heterocycles. The Labute approximate surface area is 106 Å². The number of H-pyrrole nitrogens is 1. The second-order valence-electron chi connectivity index (χ2n) is 3.38. The monoisotopic (exact) mass is 225 g/mol. The highest BCUT2D eigenvalue weighted by Crippen LogP contribution is 2.28. The maximum absolute atomic E-state index is 8.28. The van der Waals surface area contributed by atoms with Crippen molar-refractivity contribution >= 4 is 10.9 Å². The van der Waals surface area contributed by atoms with Gasteiger partial charge in [-0.3, -0.25) is 0 Å². The van der Waals surface area contributed by atoms with Gasteiger partial charge in [0.2, 0.25) is 0 Å². The van der Waals surface area contributed by atoms with E-state index in [4.69, 9.17) is 14.3 Å². The molecule has 0 unspecified atom stereocenters. The first kappa shape index (κ1) is 5.23. The van der Waals surface area contributed by atoms with Crippen LogP contribution in [0.15, 0.2) is 24.4 Å². The number of nitrogens with zero attached hydrogens (tertiary/aromatic N) is 1. The van der Waals surface area contributed by atoms with Crippen LogP contribution in [0.3, 0.4) is 0 Å². The molecular formula is C13H18N2O. The lowest BCUT2D eigenvalue weighted by Crippen LogP contribution is -2.14. The van der Waals surface area contributed by atoms with Crippen molar-refractivity contribution in [3.8, 4) is 5.75 Å². The summed E-state index contributed by atoms with van der Waals surface area (Å²) in [5.74, 6) is 0.384. The zero-order valence-electron chi connectivity index (χ0n) is 16.2. The van der Waals surface area contributed by atoms with E-state index >= 15 is 0 Å². The average molecular weight is 225 g/mol. The van der Waals surface area contributed by atoms with Crippen molar-refractivity contribution in [2.24, 2.45) is 0 Å². The van der Waals surface area contributed by atoms with Gasteiger partial charge >= 0.3 is 0 Å². The minimum atomic E-state index is -2.77. The van der Waals surface area contributed by atoms with Crippen LogP contribution in [0.25, 0.3) is 10.9 Å². The zero-order valence-corrected chi connectivity index (χ0v) is 9.16. The van der Waals surface area contributed by atoms with Crippen molar-refractivity contribution in [2.45, 2.75) is 6.37 Å². The van der Waals surface area contributed by atoms with Crippen molar-refractivity contribution < 1.29 is 14.3 Å². The Kier molecular flexibility index (Phi) is 1.50. The van der Waals surface area contributed by atoms with Crippen LogP contribution in [0.1, 0.15) is 15.2 Å². The van der Waals surface area contributed by atoms with Crippen molar-refractivity contribution in [1.29, 1.82) is 0 Å². The first-order valence-corrected chi connectivity index (χ1v) is 4.83. The predicted octanol–water partition coefficient (Wildman–Crippen LogP) is 2.28. The van der Waals surface area contributed by atoms with Gasteiger partial charge in [0.15, 0.2) is 0 Å². The quantitative estimate of drug-likeness (QED) is 0.864. The molecule has 1 aromatic heterocycles. The summed E-state index contributed by atoms with van der Waals surface area (Å²) in [7, 11) is 2.47. The Bertz CT molecular complexity index is 708. The molecule has 2 rings (SSSR count). The molecule has 3 heteroatoms. The number of nitrogens with one attached hydrogen (secondary N) is 1. The van der Waals surface area contributed by atoms with Gasteiger partial charge < -0.3 is 14.6 Å². The first-order valence-electron chi connectivity index (χ1n) is 8.33. The number of benzene rings is 1. The van der Waals surface area contributed by atoms with Crippen LogP contribution in [-0.4, -0.2) is 37.5 Å². The van der Waals surface area contributed by atoms with Crippen LogP contribution in [0.2, 0.25) is 0 Å². The van der Waals surface area contributed by atoms with E-state index < -0.39 is 19.8 Å². The van der Waals surface area contributed by atoms with Gasteiger partial charge in [-0.05, 0) is 38.1 Å². The first-order chi connectivity index (χ1) is 10.4. The number of ether oxygens (including phenoxy) is 1. The van der Waals surface area contributed by atoms with Crippen molar-refractivity contribution in [3.63, 3.8) is 0 Å². The second-order valence-corrected chi connectivity index (χ2v) is 3.38. The molecule has 16 heavy (non-hydrogen) atoms. The topological polar surface area (TPSA) is 28.3 Å². The van der Waals surface area contributed by atoms with Crippen LogP contribution in [-0.2, 0) is 6.37 Å². The summed E-state index contributed by atoms with van der Waals surface area (Å²) in [6.07, 6.45) is -1.25. The van der Waals surface area contributed by atoms with E-state index in [9.17, 15) is 0 Å². The number of hydrogen-bond acceptors (Lipinski definition) is 2. The summed E-state index contributed by atoms with van der Waals surface area (Å²) in [6, 6.07) is 5.07. The zero-order chi connectivity index (χ0) is 17.6. The van der Waals surface area contributed by atoms with Gasteiger partial charge in [0.05, 0.1) is 7.11 Å². The normalized spacial score (nSPS) is 20.3. The predicted molar refractivity (Wildman–Crippen MR) is 67.1 cm³/mol. The van der Waals surface area contributed by atoms with Crippen LogP contribution in [0.4, 0.5) is 0 Å². The number of likely N-dealkylation sites (N-methyl/N-ethyl adjacent to an activating group) is 1. The molecule has 2 aromatic rings. The summed E-state index contributed by atoms with van der Waals surface area (Å²) >= 11 is 0. The molecule has 0 fully saturated rings. The largest absolute Gasteiger partial charge is 0.496 e. The Morgan fingerprint density at radius 3 is 3.19 bits per heavy atom. The molecule has 1 N–H and O–H groups in total. The third kappa shape index (κ3) is 2.04. The number of fused-ring (bicyclic) bond motifs is 1. The standard InChI is InChI=1S/C13H18N2O/c1-15(2)8-7-10-9-14-11-5-4-6-12(16-3)13(10)11/h4-6,9,14H,7-8H2,1-3H3/i1D3,7D2,8D2. The molecule has 0 aliphatic carbocycles. The minimum Gasteiger partial charge on any atom is -0.496 e. The Balaban J connectivity index is 2.64. The third-order valence-electron chi connectivity index (χ3n) is 2.25. The highest BCUT2D eigenvalue weighted by atomic mass is 16.5. The molecule has 0 spiro atoms. The van der Waals surface area contributed by atoms with E-state index in [1.165, 1.54) is 13.3 Å². The molecule has 86 valence electrons. The summed E-state index contributed by atoms with van der Waals surface area (Å²) < 4.78 is 60.0. The molecule has 0 atom stereocenters. The smallest absolute Gasteiger partial charge is 0.128 e. The number of aryl methyl sites for hydroxylation is 1. The lowest BCUT2D eigenvalue weighted by atomic mass is 10.1. The van der Waals surface area contributed by atoms with Gasteiger partial charge in [-0.25, -0.2) is 0 Å². The fourth-order valence-corrected chi connectivity index (χ4v) is 1.56. The van der Waals surface area contributed by atoms with Crippen LogP contribution >= 0.6 is 0 Å². The highest BCUT2D eigenvalue weighted by molar-refractivity contribution is 5.89. The van der Waals surface area contributed by atoms with Crippen molar-refractivity contribution in [1.82, 2.24) is 9.88 Å². The molecule has 0 saturated carbocycles. The van der Waals surface area contributed by atoms with Crippen LogP contribution in [0, 0.1) is 0 Å². The molecule has 3 nitrogen and oxygen atoms in total. The maximum Gasteiger partial charge on any atom is 0.128 e. The van der Waals surface area contributed by atoms with Gasteiger partial charge in [-0.15, -0.1) is 0 Å². The van der Waals surface area contributed by atoms with Gasteiger partial charge in [0, 0.05) is 33.2 Å². The SMILES string of the molecule is [2H]C([2H])([2H])N(C)C([2H])([2H])C([2H])([2H])c1c[nH]c2cccc(OC)c12. The molecule has 1 aromatic carbocycles. The molecule has 0 saturated heterocycles. The van der Waals surface area contributed by atoms with E-state index in [1.807, 2.05) is 0 Å². The van der Waals surface area contributed by atoms with Gasteiger partial charge in [0.1, 0.15) is 5.75 Å². The molecule has 1 heterocycles. The summed E-state index contributed by atoms with van der Waals surface area (Å²) in [5.41, 5.74) is 0.585. The molecule has 0 aliphatic rings. The lowest BCUT2D eigenvalue weighted by molar-refractivity contribution is 0.411. The average Bonchev–Trinajstić information content (AvgIpc) is 2.89. The number of aromatic nitrogens is 1. The molecule has 0 radical (unpaired) electrons. The molecule has 0 bridgehead atoms. The third-order valence-corrected chi connectivity index (χ3v) is 2.25. The van der Waals surface area contributed by atoms with Crippen molar-refractivity contribution in [2.75, 3.05) is 27.6 Å². The van der Waals surface area contributed by atoms with Gasteiger partial charge in [0.25, 0.3) is 0 Å². The van der Waals surface area contributed by atoms with E-state index in [0.717, 1.165) is 7.05 Å². The molecular weight excluding hydrogens is 200 g/mol. The Hall–Kier alpha value is -1.48. The lowest BCUT2D eigenvalue weighted by Gasteiger charge is -2.09. The van der Waals surface area contributed by atoms with E-state index in [0.29, 0.717) is 21.6 Å². The molecule has 0 amide bonds. The fourth-order valence-electron chi connectivity index (χ4n) is 1.56. The number of rotatable bonds is 4. The number of hydrogen-bond donors (Lipinski definition) is 1. The fraction of sp³-hybridized carbons (Fsp3) is 0.385. The van der Waals surface area contributed by atoms with Gasteiger partial charge in [-0.1, -0.05) is 6.07 Å². The van der Waals surface area contributed by atoms with Crippen LogP contribution < -0.4 is 4.74 Å². The number of aromatic amines is 1. The second kappa shape index (κ2) is 4.58. The van der Waals surface area contributed by atoms with E-state index in [1.54, 1.807) is 18.2 Å². The van der Waals surface area contributed by atoms with Gasteiger partial charge in [-0.2, -0.15) is 0 Å². The minimum absolute atomic E-state index is 0.00560.